The first kappa shape index (κ1) is 10.7. The number of alkyl halides is 1. The number of ketones is 1. The van der Waals surface area contributed by atoms with Crippen molar-refractivity contribution >= 4 is 34.3 Å². The average Bonchev–Trinajstić information content (AvgIpc) is 2.09. The number of benzene rings is 1. The van der Waals surface area contributed by atoms with E-state index in [4.69, 9.17) is 0 Å². The number of thiol groups is 1. The van der Waals surface area contributed by atoms with Crippen molar-refractivity contribution in [3.8, 4) is 0 Å². The van der Waals surface area contributed by atoms with Gasteiger partial charge in [-0.25, -0.2) is 4.39 Å². The van der Waals surface area contributed by atoms with Gasteiger partial charge in [0.2, 0.25) is 0 Å². The molecule has 0 aliphatic rings. The molecule has 0 unspecified atom stereocenters. The van der Waals surface area contributed by atoms with Crippen molar-refractivity contribution in [3.63, 3.8) is 0 Å². The highest BCUT2D eigenvalue weighted by molar-refractivity contribution is 9.09. The molecule has 1 aromatic rings. The fraction of sp³-hybridized carbons (Fsp3) is 0.222. The fourth-order valence-corrected chi connectivity index (χ4v) is 1.33. The highest BCUT2D eigenvalue weighted by Crippen LogP contribution is 2.14. The highest BCUT2D eigenvalue weighted by atomic mass is 79.9. The molecule has 0 amide bonds. The Morgan fingerprint density at radius 2 is 2.23 bits per heavy atom. The van der Waals surface area contributed by atoms with E-state index in [9.17, 15) is 9.18 Å². The minimum absolute atomic E-state index is 0.0363. The molecule has 1 aromatic carbocycles. The number of carbonyl (C=O) groups excluding carboxylic acids is 1. The molecule has 0 radical (unpaired) electrons. The summed E-state index contributed by atoms with van der Waals surface area (Å²) in [6, 6.07) is 4.56. The van der Waals surface area contributed by atoms with E-state index in [1.54, 1.807) is 12.1 Å². The molecule has 0 heterocycles. The van der Waals surface area contributed by atoms with E-state index in [0.717, 1.165) is 0 Å². The summed E-state index contributed by atoms with van der Waals surface area (Å²) >= 11 is 7.00. The third-order valence-corrected chi connectivity index (χ3v) is 2.48. The molecule has 0 aliphatic heterocycles. The zero-order valence-corrected chi connectivity index (χ0v) is 9.24. The summed E-state index contributed by atoms with van der Waals surface area (Å²) in [4.78, 5) is 11.5. The molecule has 0 fully saturated rings. The van der Waals surface area contributed by atoms with E-state index in [0.29, 0.717) is 10.5 Å². The fourth-order valence-electron chi connectivity index (χ4n) is 0.939. The Kier molecular flexibility index (Phi) is 3.93. The van der Waals surface area contributed by atoms with Crippen LogP contribution in [0.4, 0.5) is 4.39 Å². The molecule has 0 spiro atoms. The summed E-state index contributed by atoms with van der Waals surface area (Å²) in [7, 11) is 0. The summed E-state index contributed by atoms with van der Waals surface area (Å²) in [6.45, 7) is 0. The van der Waals surface area contributed by atoms with E-state index in [1.807, 2.05) is 0 Å². The molecular formula is C9H8BrFOS. The molecule has 1 nitrogen and oxygen atoms in total. The van der Waals surface area contributed by atoms with Gasteiger partial charge in [0.15, 0.2) is 0 Å². The van der Waals surface area contributed by atoms with E-state index >= 15 is 0 Å². The molecule has 0 atom stereocenters. The second-order valence-corrected chi connectivity index (χ2v) is 3.70. The van der Waals surface area contributed by atoms with Crippen molar-refractivity contribution in [2.24, 2.45) is 0 Å². The summed E-state index contributed by atoms with van der Waals surface area (Å²) in [6.07, 6.45) is 0.130. The van der Waals surface area contributed by atoms with Crippen LogP contribution in [0.2, 0.25) is 0 Å². The minimum Gasteiger partial charge on any atom is -0.298 e. The summed E-state index contributed by atoms with van der Waals surface area (Å²) < 4.78 is 13.1. The third kappa shape index (κ3) is 3.12. The predicted octanol–water partition coefficient (Wildman–Crippen LogP) is 2.62. The molecule has 4 heteroatoms. The molecule has 70 valence electrons. The zero-order chi connectivity index (χ0) is 9.84. The van der Waals surface area contributed by atoms with Crippen LogP contribution in [0.5, 0.6) is 0 Å². The van der Waals surface area contributed by atoms with Gasteiger partial charge in [0, 0.05) is 11.3 Å². The lowest BCUT2D eigenvalue weighted by Gasteiger charge is -2.01. The maximum Gasteiger partial charge on any atom is 0.147 e. The zero-order valence-electron chi connectivity index (χ0n) is 6.76. The van der Waals surface area contributed by atoms with Gasteiger partial charge in [-0.1, -0.05) is 22.0 Å². The van der Waals surface area contributed by atoms with Crippen molar-refractivity contribution in [3.05, 3.63) is 29.6 Å². The Balaban J connectivity index is 2.83. The number of rotatable bonds is 3. The van der Waals surface area contributed by atoms with Gasteiger partial charge in [-0.3, -0.25) is 4.79 Å². The van der Waals surface area contributed by atoms with E-state index in [-0.39, 0.29) is 23.4 Å². The number of hydrogen-bond donors (Lipinski definition) is 1. The van der Waals surface area contributed by atoms with Gasteiger partial charge in [0.05, 0.1) is 5.33 Å². The van der Waals surface area contributed by atoms with Crippen LogP contribution in [0.15, 0.2) is 23.1 Å². The lowest BCUT2D eigenvalue weighted by molar-refractivity contribution is -0.115. The van der Waals surface area contributed by atoms with Crippen LogP contribution in [-0.4, -0.2) is 11.1 Å². The molecule has 0 aliphatic carbocycles. The summed E-state index contributed by atoms with van der Waals surface area (Å²) in [5, 5.41) is 0.259. The van der Waals surface area contributed by atoms with Crippen LogP contribution in [0.3, 0.4) is 0 Å². The summed E-state index contributed by atoms with van der Waals surface area (Å²) in [5.41, 5.74) is 0.419. The van der Waals surface area contributed by atoms with Crippen molar-refractivity contribution in [1.82, 2.24) is 0 Å². The standard InChI is InChI=1S/C9H8BrFOS/c10-5-7(12)3-6-1-2-8(13)4-9(6)11/h1-2,4,13H,3,5H2. The van der Waals surface area contributed by atoms with Crippen LogP contribution in [0.1, 0.15) is 5.56 Å². The van der Waals surface area contributed by atoms with Crippen LogP contribution >= 0.6 is 28.6 Å². The number of carbonyl (C=O) groups is 1. The second kappa shape index (κ2) is 4.77. The van der Waals surface area contributed by atoms with Gasteiger partial charge in [-0.15, -0.1) is 12.6 Å². The maximum absolute atomic E-state index is 13.1. The van der Waals surface area contributed by atoms with E-state index in [1.165, 1.54) is 6.07 Å². The Hall–Kier alpha value is -0.350. The lowest BCUT2D eigenvalue weighted by atomic mass is 10.1. The predicted molar refractivity (Wildman–Crippen MR) is 56.2 cm³/mol. The van der Waals surface area contributed by atoms with Crippen LogP contribution < -0.4 is 0 Å². The monoisotopic (exact) mass is 262 g/mol. The largest absolute Gasteiger partial charge is 0.298 e. The topological polar surface area (TPSA) is 17.1 Å². The average molecular weight is 263 g/mol. The molecule has 0 saturated heterocycles. The van der Waals surface area contributed by atoms with Gasteiger partial charge in [-0.05, 0) is 17.7 Å². The molecule has 13 heavy (non-hydrogen) atoms. The quantitative estimate of drug-likeness (QED) is 0.655. The number of halogens is 2. The Bertz CT molecular complexity index is 327. The smallest absolute Gasteiger partial charge is 0.147 e. The van der Waals surface area contributed by atoms with Crippen LogP contribution in [0.25, 0.3) is 0 Å². The minimum atomic E-state index is -0.373. The molecule has 1 rings (SSSR count). The second-order valence-electron chi connectivity index (χ2n) is 2.62. The normalized spacial score (nSPS) is 10.1. The lowest BCUT2D eigenvalue weighted by Crippen LogP contribution is -2.05. The van der Waals surface area contributed by atoms with Gasteiger partial charge >= 0.3 is 0 Å². The van der Waals surface area contributed by atoms with E-state index in [2.05, 4.69) is 28.6 Å². The Morgan fingerprint density at radius 1 is 1.54 bits per heavy atom. The van der Waals surface area contributed by atoms with Crippen molar-refractivity contribution in [2.45, 2.75) is 11.3 Å². The van der Waals surface area contributed by atoms with Crippen molar-refractivity contribution in [2.75, 3.05) is 5.33 Å². The highest BCUT2D eigenvalue weighted by Gasteiger charge is 2.06. The van der Waals surface area contributed by atoms with Gasteiger partial charge in [-0.2, -0.15) is 0 Å². The molecule has 0 aromatic heterocycles. The van der Waals surface area contributed by atoms with Gasteiger partial charge < -0.3 is 0 Å². The first-order valence-corrected chi connectivity index (χ1v) is 5.25. The van der Waals surface area contributed by atoms with Gasteiger partial charge in [0.1, 0.15) is 11.6 Å². The SMILES string of the molecule is O=C(CBr)Cc1ccc(S)cc1F. The molecular weight excluding hydrogens is 255 g/mol. The van der Waals surface area contributed by atoms with Crippen LogP contribution in [-0.2, 0) is 11.2 Å². The van der Waals surface area contributed by atoms with Crippen molar-refractivity contribution < 1.29 is 9.18 Å². The van der Waals surface area contributed by atoms with Crippen LogP contribution in [0, 0.1) is 5.82 Å². The maximum atomic E-state index is 13.1. The number of Topliss-reactive ketones (excluding diaryl/α,β-unsaturated/α-hetero) is 1. The van der Waals surface area contributed by atoms with E-state index < -0.39 is 0 Å². The molecule has 0 N–H and O–H groups in total. The van der Waals surface area contributed by atoms with Gasteiger partial charge in [0.25, 0.3) is 0 Å². The molecule has 0 bridgehead atoms. The van der Waals surface area contributed by atoms with Crippen molar-refractivity contribution in [1.29, 1.82) is 0 Å². The Labute approximate surface area is 89.9 Å². The first-order valence-electron chi connectivity index (χ1n) is 3.68. The molecule has 0 saturated carbocycles. The Morgan fingerprint density at radius 3 is 2.77 bits per heavy atom. The third-order valence-electron chi connectivity index (χ3n) is 1.57. The number of hydrogen-bond acceptors (Lipinski definition) is 2. The first-order chi connectivity index (χ1) is 6.13. The summed E-state index contributed by atoms with van der Waals surface area (Å²) in [5.74, 6) is -0.410.